The predicted molar refractivity (Wildman–Crippen MR) is 71.3 cm³/mol. The number of hydrogen-bond acceptors (Lipinski definition) is 5. The molecule has 0 bridgehead atoms. The first-order valence-corrected chi connectivity index (χ1v) is 6.04. The largest absolute Gasteiger partial charge is 0.504 e. The van der Waals surface area contributed by atoms with E-state index in [1.54, 1.807) is 12.3 Å². The lowest BCUT2D eigenvalue weighted by Crippen LogP contribution is -2.41. The van der Waals surface area contributed by atoms with Crippen molar-refractivity contribution in [2.24, 2.45) is 5.10 Å². The van der Waals surface area contributed by atoms with Gasteiger partial charge in [0.1, 0.15) is 0 Å². The van der Waals surface area contributed by atoms with Crippen LogP contribution in [0.25, 0.3) is 0 Å². The van der Waals surface area contributed by atoms with Gasteiger partial charge in [-0.3, -0.25) is 5.01 Å². The molecule has 0 unspecified atom stereocenters. The predicted octanol–water partition coefficient (Wildman–Crippen LogP) is 0.982. The minimum Gasteiger partial charge on any atom is -0.504 e. The van der Waals surface area contributed by atoms with Crippen LogP contribution < -0.4 is 4.74 Å². The number of phenolic OH excluding ortho intramolecular Hbond substituents is 1. The third-order valence-electron chi connectivity index (χ3n) is 3.09. The Bertz CT molecular complexity index is 426. The molecule has 0 spiro atoms. The van der Waals surface area contributed by atoms with Crippen LogP contribution in [0.15, 0.2) is 23.3 Å². The summed E-state index contributed by atoms with van der Waals surface area (Å²) >= 11 is 0. The van der Waals surface area contributed by atoms with Gasteiger partial charge < -0.3 is 14.7 Å². The van der Waals surface area contributed by atoms with Crippen molar-refractivity contribution < 1.29 is 9.84 Å². The Morgan fingerprint density at radius 1 is 1.28 bits per heavy atom. The quantitative estimate of drug-likeness (QED) is 0.811. The fraction of sp³-hybridized carbons (Fsp3) is 0.462. The first-order valence-electron chi connectivity index (χ1n) is 6.04. The SMILES string of the molecule is COc1cccc(C=NN2CCN(C)CC2)c1O. The normalized spacial score (nSPS) is 17.3. The molecule has 2 rings (SSSR count). The molecule has 1 aliphatic rings. The minimum atomic E-state index is 0.137. The van der Waals surface area contributed by atoms with E-state index in [-0.39, 0.29) is 5.75 Å². The molecule has 1 aliphatic heterocycles. The summed E-state index contributed by atoms with van der Waals surface area (Å²) in [5.74, 6) is 0.607. The molecule has 0 atom stereocenters. The van der Waals surface area contributed by atoms with Crippen molar-refractivity contribution in [1.82, 2.24) is 9.91 Å². The molecule has 1 fully saturated rings. The highest BCUT2D eigenvalue weighted by Crippen LogP contribution is 2.28. The molecule has 98 valence electrons. The van der Waals surface area contributed by atoms with Crippen LogP contribution in [0.1, 0.15) is 5.56 Å². The first-order chi connectivity index (χ1) is 8.70. The Morgan fingerprint density at radius 3 is 2.67 bits per heavy atom. The maximum atomic E-state index is 9.92. The van der Waals surface area contributed by atoms with Gasteiger partial charge in [-0.15, -0.1) is 0 Å². The Hall–Kier alpha value is -1.75. The highest BCUT2D eigenvalue weighted by atomic mass is 16.5. The molecular formula is C13H19N3O2. The van der Waals surface area contributed by atoms with Gasteiger partial charge >= 0.3 is 0 Å². The third-order valence-corrected chi connectivity index (χ3v) is 3.09. The Morgan fingerprint density at radius 2 is 2.00 bits per heavy atom. The van der Waals surface area contributed by atoms with Crippen molar-refractivity contribution in [3.63, 3.8) is 0 Å². The number of phenols is 1. The number of hydrazone groups is 1. The Labute approximate surface area is 107 Å². The van der Waals surface area contributed by atoms with Crippen LogP contribution in [0.3, 0.4) is 0 Å². The van der Waals surface area contributed by atoms with E-state index < -0.39 is 0 Å². The number of likely N-dealkylation sites (N-methyl/N-ethyl adjacent to an activating group) is 1. The van der Waals surface area contributed by atoms with Crippen molar-refractivity contribution >= 4 is 6.21 Å². The van der Waals surface area contributed by atoms with Gasteiger partial charge in [0.15, 0.2) is 11.5 Å². The number of rotatable bonds is 3. The second-order valence-electron chi connectivity index (χ2n) is 4.40. The van der Waals surface area contributed by atoms with E-state index in [2.05, 4.69) is 17.0 Å². The number of aromatic hydroxyl groups is 1. The zero-order chi connectivity index (χ0) is 13.0. The zero-order valence-electron chi connectivity index (χ0n) is 10.8. The van der Waals surface area contributed by atoms with Gasteiger partial charge in [-0.1, -0.05) is 6.07 Å². The molecule has 1 aromatic carbocycles. The van der Waals surface area contributed by atoms with E-state index in [1.165, 1.54) is 7.11 Å². The molecule has 0 aromatic heterocycles. The summed E-state index contributed by atoms with van der Waals surface area (Å²) < 4.78 is 5.06. The number of methoxy groups -OCH3 is 1. The summed E-state index contributed by atoms with van der Waals surface area (Å²) in [6, 6.07) is 5.38. The van der Waals surface area contributed by atoms with Gasteiger partial charge in [0.2, 0.25) is 0 Å². The lowest BCUT2D eigenvalue weighted by Gasteiger charge is -2.30. The Balaban J connectivity index is 2.05. The molecule has 18 heavy (non-hydrogen) atoms. The van der Waals surface area contributed by atoms with Crippen molar-refractivity contribution in [3.8, 4) is 11.5 Å². The van der Waals surface area contributed by atoms with Crippen LogP contribution >= 0.6 is 0 Å². The van der Waals surface area contributed by atoms with Crippen LogP contribution in [-0.2, 0) is 0 Å². The standard InChI is InChI=1S/C13H19N3O2/c1-15-6-8-16(9-7-15)14-10-11-4-3-5-12(18-2)13(11)17/h3-5,10,17H,6-9H2,1-2H3. The molecule has 0 saturated carbocycles. The van der Waals surface area contributed by atoms with Crippen molar-refractivity contribution in [2.45, 2.75) is 0 Å². The number of ether oxygens (including phenoxy) is 1. The molecule has 5 nitrogen and oxygen atoms in total. The average Bonchev–Trinajstić information content (AvgIpc) is 2.39. The fourth-order valence-corrected chi connectivity index (χ4v) is 1.86. The lowest BCUT2D eigenvalue weighted by molar-refractivity contribution is 0.159. The maximum absolute atomic E-state index is 9.92. The van der Waals surface area contributed by atoms with Gasteiger partial charge in [-0.05, 0) is 19.2 Å². The van der Waals surface area contributed by atoms with E-state index in [4.69, 9.17) is 4.74 Å². The second kappa shape index (κ2) is 5.73. The first kappa shape index (κ1) is 12.7. The number of hydrogen-bond donors (Lipinski definition) is 1. The van der Waals surface area contributed by atoms with E-state index in [0.717, 1.165) is 26.2 Å². The van der Waals surface area contributed by atoms with E-state index in [9.17, 15) is 5.11 Å². The molecule has 0 radical (unpaired) electrons. The smallest absolute Gasteiger partial charge is 0.166 e. The number of para-hydroxylation sites is 1. The molecule has 1 aromatic rings. The second-order valence-corrected chi connectivity index (χ2v) is 4.40. The highest BCUT2D eigenvalue weighted by molar-refractivity contribution is 5.84. The van der Waals surface area contributed by atoms with Crippen molar-refractivity contribution in [2.75, 3.05) is 40.3 Å². The van der Waals surface area contributed by atoms with Crippen LogP contribution in [-0.4, -0.2) is 61.6 Å². The molecule has 5 heteroatoms. The van der Waals surface area contributed by atoms with Gasteiger partial charge in [0.25, 0.3) is 0 Å². The summed E-state index contributed by atoms with van der Waals surface area (Å²) in [7, 11) is 3.64. The summed E-state index contributed by atoms with van der Waals surface area (Å²) in [5, 5.41) is 16.3. The summed E-state index contributed by atoms with van der Waals surface area (Å²) in [4.78, 5) is 2.27. The van der Waals surface area contributed by atoms with Crippen LogP contribution in [0.5, 0.6) is 11.5 Å². The Kier molecular flexibility index (Phi) is 4.04. The van der Waals surface area contributed by atoms with E-state index in [1.807, 2.05) is 17.1 Å². The lowest BCUT2D eigenvalue weighted by atomic mass is 10.2. The summed E-state index contributed by atoms with van der Waals surface area (Å²) in [6.45, 7) is 3.86. The number of piperazine rings is 1. The number of nitrogens with zero attached hydrogens (tertiary/aromatic N) is 3. The third kappa shape index (κ3) is 2.92. The molecule has 1 saturated heterocycles. The molecular weight excluding hydrogens is 230 g/mol. The van der Waals surface area contributed by atoms with E-state index >= 15 is 0 Å². The fourth-order valence-electron chi connectivity index (χ4n) is 1.86. The summed E-state index contributed by atoms with van der Waals surface area (Å²) in [5.41, 5.74) is 0.674. The van der Waals surface area contributed by atoms with E-state index in [0.29, 0.717) is 11.3 Å². The maximum Gasteiger partial charge on any atom is 0.166 e. The van der Waals surface area contributed by atoms with Crippen LogP contribution in [0, 0.1) is 0 Å². The highest BCUT2D eigenvalue weighted by Gasteiger charge is 2.11. The molecule has 1 N–H and O–H groups in total. The van der Waals surface area contributed by atoms with Crippen LogP contribution in [0.2, 0.25) is 0 Å². The summed E-state index contributed by atoms with van der Waals surface area (Å²) in [6.07, 6.45) is 1.68. The average molecular weight is 249 g/mol. The molecule has 1 heterocycles. The van der Waals surface area contributed by atoms with Gasteiger partial charge in [-0.2, -0.15) is 5.10 Å². The molecule has 0 aliphatic carbocycles. The van der Waals surface area contributed by atoms with Crippen LogP contribution in [0.4, 0.5) is 0 Å². The molecule has 0 amide bonds. The van der Waals surface area contributed by atoms with Crippen molar-refractivity contribution in [1.29, 1.82) is 0 Å². The minimum absolute atomic E-state index is 0.137. The van der Waals surface area contributed by atoms with Gasteiger partial charge in [-0.25, -0.2) is 0 Å². The van der Waals surface area contributed by atoms with Gasteiger partial charge in [0.05, 0.1) is 13.3 Å². The zero-order valence-corrected chi connectivity index (χ0v) is 10.8. The van der Waals surface area contributed by atoms with Gasteiger partial charge in [0, 0.05) is 31.7 Å². The topological polar surface area (TPSA) is 48.3 Å². The number of benzene rings is 1. The van der Waals surface area contributed by atoms with Crippen molar-refractivity contribution in [3.05, 3.63) is 23.8 Å². The monoisotopic (exact) mass is 249 g/mol.